The Morgan fingerprint density at radius 2 is 2.00 bits per heavy atom. The summed E-state index contributed by atoms with van der Waals surface area (Å²) < 4.78 is 7.30. The normalized spacial score (nSPS) is 15.8. The maximum absolute atomic E-state index is 12.7. The minimum absolute atomic E-state index is 0.0597. The van der Waals surface area contributed by atoms with E-state index in [0.29, 0.717) is 40.2 Å². The summed E-state index contributed by atoms with van der Waals surface area (Å²) in [6.45, 7) is 10.3. The lowest BCUT2D eigenvalue weighted by Crippen LogP contribution is -2.35. The van der Waals surface area contributed by atoms with Crippen LogP contribution in [0.15, 0.2) is 30.6 Å². The van der Waals surface area contributed by atoms with Crippen molar-refractivity contribution in [1.82, 2.24) is 19.7 Å². The second-order valence-electron chi connectivity index (χ2n) is 9.56. The Bertz CT molecular complexity index is 1250. The number of phenols is 1. The molecule has 3 N–H and O–H groups in total. The number of phenolic OH excluding ortho intramolecular Hbond substituents is 1. The molecule has 186 valence electrons. The van der Waals surface area contributed by atoms with Crippen LogP contribution in [0.4, 0.5) is 21.4 Å². The summed E-state index contributed by atoms with van der Waals surface area (Å²) in [5.41, 5.74) is 1.54. The molecular formula is C24H30N6O4S. The van der Waals surface area contributed by atoms with Crippen LogP contribution in [0.1, 0.15) is 54.0 Å². The van der Waals surface area contributed by atoms with E-state index < -0.39 is 5.60 Å². The van der Waals surface area contributed by atoms with Crippen LogP contribution in [-0.2, 0) is 4.74 Å². The molecule has 3 heterocycles. The van der Waals surface area contributed by atoms with E-state index in [1.165, 1.54) is 17.5 Å². The number of carbonyl (C=O) groups is 2. The van der Waals surface area contributed by atoms with Gasteiger partial charge in [0.25, 0.3) is 5.91 Å². The molecule has 3 aromatic rings. The molecule has 4 rings (SSSR count). The number of ether oxygens (including phenoxy) is 1. The fraction of sp³-hybridized carbons (Fsp3) is 0.417. The lowest BCUT2D eigenvalue weighted by atomic mass is 10.1. The molecule has 1 aliphatic heterocycles. The van der Waals surface area contributed by atoms with Gasteiger partial charge in [0.2, 0.25) is 0 Å². The highest BCUT2D eigenvalue weighted by atomic mass is 32.1. The number of nitrogens with one attached hydrogen (secondary N) is 2. The molecule has 11 heteroatoms. The molecule has 1 atom stereocenters. The molecule has 0 radical (unpaired) electrons. The van der Waals surface area contributed by atoms with Crippen molar-refractivity contribution in [1.29, 1.82) is 0 Å². The zero-order chi connectivity index (χ0) is 25.3. The zero-order valence-electron chi connectivity index (χ0n) is 20.5. The van der Waals surface area contributed by atoms with E-state index in [1.54, 1.807) is 24.0 Å². The monoisotopic (exact) mass is 498 g/mol. The van der Waals surface area contributed by atoms with Gasteiger partial charge in [0, 0.05) is 30.9 Å². The number of nitrogens with zero attached hydrogens (tertiary/aromatic N) is 4. The van der Waals surface area contributed by atoms with Crippen LogP contribution in [0.5, 0.6) is 5.75 Å². The van der Waals surface area contributed by atoms with E-state index in [1.807, 2.05) is 44.6 Å². The largest absolute Gasteiger partial charge is 0.508 e. The molecule has 0 unspecified atom stereocenters. The molecule has 1 aliphatic rings. The van der Waals surface area contributed by atoms with E-state index in [2.05, 4.69) is 20.7 Å². The summed E-state index contributed by atoms with van der Waals surface area (Å²) in [7, 11) is 0. The van der Waals surface area contributed by atoms with Crippen molar-refractivity contribution in [3.63, 3.8) is 0 Å². The number of rotatable bonds is 5. The van der Waals surface area contributed by atoms with Gasteiger partial charge in [0.15, 0.2) is 10.9 Å². The second-order valence-corrected chi connectivity index (χ2v) is 10.6. The topological polar surface area (TPSA) is 122 Å². The summed E-state index contributed by atoms with van der Waals surface area (Å²) in [5, 5.41) is 21.0. The molecule has 35 heavy (non-hydrogen) atoms. The van der Waals surface area contributed by atoms with Gasteiger partial charge >= 0.3 is 6.09 Å². The highest BCUT2D eigenvalue weighted by molar-refractivity contribution is 7.17. The van der Waals surface area contributed by atoms with Crippen molar-refractivity contribution < 1.29 is 19.4 Å². The quantitative estimate of drug-likeness (QED) is 0.460. The van der Waals surface area contributed by atoms with Crippen LogP contribution in [0, 0.1) is 13.8 Å². The third kappa shape index (κ3) is 5.73. The number of aryl methyl sites for hydroxylation is 1. The van der Waals surface area contributed by atoms with Crippen molar-refractivity contribution in [3.8, 4) is 5.75 Å². The number of thiazole rings is 1. The first kappa shape index (κ1) is 24.5. The standard InChI is InChI=1S/C24H30N6O4S/c1-14-6-7-17(31)15(2)20(14)27-21(32)18-12-25-22(35-18)26-19-9-11-30(28-19)16-8-10-29(13-16)23(33)34-24(3,4)5/h6-7,9,11-12,16,31H,8,10,13H2,1-5H3,(H,27,32)(H,25,26,28)/t16-/m1/s1. The Hall–Kier alpha value is -3.60. The number of hydrogen-bond donors (Lipinski definition) is 3. The Labute approximate surface area is 207 Å². The van der Waals surface area contributed by atoms with Gasteiger partial charge in [-0.05, 0) is 52.7 Å². The molecule has 10 nitrogen and oxygen atoms in total. The number of amides is 2. The first-order valence-electron chi connectivity index (χ1n) is 11.4. The van der Waals surface area contributed by atoms with E-state index in [4.69, 9.17) is 4.74 Å². The maximum Gasteiger partial charge on any atom is 0.410 e. The third-order valence-corrected chi connectivity index (χ3v) is 6.56. The molecule has 0 spiro atoms. The molecular weight excluding hydrogens is 468 g/mol. The van der Waals surface area contributed by atoms with Gasteiger partial charge in [0.05, 0.1) is 17.9 Å². The number of aromatic hydroxyl groups is 1. The Kier molecular flexibility index (Phi) is 6.70. The predicted octanol–water partition coefficient (Wildman–Crippen LogP) is 4.84. The zero-order valence-corrected chi connectivity index (χ0v) is 21.3. The first-order valence-corrected chi connectivity index (χ1v) is 12.2. The average molecular weight is 499 g/mol. The highest BCUT2D eigenvalue weighted by Gasteiger charge is 2.31. The van der Waals surface area contributed by atoms with Gasteiger partial charge in [-0.15, -0.1) is 0 Å². The summed E-state index contributed by atoms with van der Waals surface area (Å²) in [5.74, 6) is 0.428. The van der Waals surface area contributed by atoms with E-state index in [9.17, 15) is 14.7 Å². The number of hydrogen-bond acceptors (Lipinski definition) is 8. The van der Waals surface area contributed by atoms with Gasteiger partial charge in [-0.2, -0.15) is 5.10 Å². The second kappa shape index (κ2) is 9.57. The van der Waals surface area contributed by atoms with E-state index in [-0.39, 0.29) is 23.8 Å². The van der Waals surface area contributed by atoms with Gasteiger partial charge in [0.1, 0.15) is 16.2 Å². The van der Waals surface area contributed by atoms with Crippen molar-refractivity contribution in [2.45, 2.75) is 52.7 Å². The van der Waals surface area contributed by atoms with Crippen molar-refractivity contribution in [2.75, 3.05) is 23.7 Å². The van der Waals surface area contributed by atoms with Crippen LogP contribution in [0.2, 0.25) is 0 Å². The fourth-order valence-corrected chi connectivity index (χ4v) is 4.53. The number of benzene rings is 1. The number of likely N-dealkylation sites (tertiary alicyclic amines) is 1. The number of carbonyl (C=O) groups excluding carboxylic acids is 2. The van der Waals surface area contributed by atoms with Crippen molar-refractivity contribution in [3.05, 3.63) is 46.6 Å². The van der Waals surface area contributed by atoms with Crippen molar-refractivity contribution >= 4 is 40.0 Å². The van der Waals surface area contributed by atoms with E-state index >= 15 is 0 Å². The average Bonchev–Trinajstić information content (AvgIpc) is 3.53. The van der Waals surface area contributed by atoms with E-state index in [0.717, 1.165) is 12.0 Å². The van der Waals surface area contributed by atoms with Crippen LogP contribution >= 0.6 is 11.3 Å². The highest BCUT2D eigenvalue weighted by Crippen LogP contribution is 2.30. The summed E-state index contributed by atoms with van der Waals surface area (Å²) in [4.78, 5) is 31.5. The van der Waals surface area contributed by atoms with Crippen LogP contribution < -0.4 is 10.6 Å². The summed E-state index contributed by atoms with van der Waals surface area (Å²) in [6, 6.07) is 5.25. The van der Waals surface area contributed by atoms with Gasteiger partial charge in [-0.25, -0.2) is 9.78 Å². The Balaban J connectivity index is 1.36. The minimum Gasteiger partial charge on any atom is -0.508 e. The molecule has 2 amide bonds. The van der Waals surface area contributed by atoms with Crippen LogP contribution in [0.3, 0.4) is 0 Å². The van der Waals surface area contributed by atoms with Gasteiger partial charge < -0.3 is 25.4 Å². The number of anilines is 3. The maximum atomic E-state index is 12.7. The lowest BCUT2D eigenvalue weighted by molar-refractivity contribution is 0.0288. The minimum atomic E-state index is -0.526. The Morgan fingerprint density at radius 3 is 2.74 bits per heavy atom. The molecule has 0 aliphatic carbocycles. The molecule has 0 saturated carbocycles. The molecule has 2 aromatic heterocycles. The van der Waals surface area contributed by atoms with Crippen molar-refractivity contribution in [2.24, 2.45) is 0 Å². The number of aromatic nitrogens is 3. The van der Waals surface area contributed by atoms with Gasteiger partial charge in [-0.1, -0.05) is 17.4 Å². The summed E-state index contributed by atoms with van der Waals surface area (Å²) in [6.07, 6.45) is 3.84. The Morgan fingerprint density at radius 1 is 1.23 bits per heavy atom. The molecule has 0 bridgehead atoms. The van der Waals surface area contributed by atoms with Crippen LogP contribution in [-0.4, -0.2) is 55.5 Å². The first-order chi connectivity index (χ1) is 16.5. The summed E-state index contributed by atoms with van der Waals surface area (Å²) >= 11 is 1.21. The lowest BCUT2D eigenvalue weighted by Gasteiger charge is -2.24. The van der Waals surface area contributed by atoms with Crippen LogP contribution in [0.25, 0.3) is 0 Å². The SMILES string of the molecule is Cc1ccc(O)c(C)c1NC(=O)c1cnc(Nc2ccn([C@@H]3CCN(C(=O)OC(C)(C)C)C3)n2)s1. The molecule has 1 aromatic carbocycles. The van der Waals surface area contributed by atoms with Gasteiger partial charge in [-0.3, -0.25) is 9.48 Å². The smallest absolute Gasteiger partial charge is 0.410 e. The molecule has 1 saturated heterocycles. The molecule has 1 fully saturated rings. The third-order valence-electron chi connectivity index (χ3n) is 5.65. The fourth-order valence-electron chi connectivity index (χ4n) is 3.81. The predicted molar refractivity (Wildman–Crippen MR) is 135 cm³/mol.